The van der Waals surface area contributed by atoms with Gasteiger partial charge in [-0.15, -0.1) is 0 Å². The van der Waals surface area contributed by atoms with E-state index in [9.17, 15) is 4.39 Å². The second kappa shape index (κ2) is 6.56. The highest BCUT2D eigenvalue weighted by Crippen LogP contribution is 2.17. The molecule has 1 atom stereocenters. The Kier molecular flexibility index (Phi) is 4.79. The second-order valence-electron chi connectivity index (χ2n) is 4.93. The summed E-state index contributed by atoms with van der Waals surface area (Å²) in [6.45, 7) is 6.97. The van der Waals surface area contributed by atoms with Crippen LogP contribution < -0.4 is 5.32 Å². The molecule has 108 valence electrons. The van der Waals surface area contributed by atoms with Gasteiger partial charge in [0.1, 0.15) is 18.0 Å². The third-order valence-electron chi connectivity index (χ3n) is 3.08. The van der Waals surface area contributed by atoms with E-state index in [1.807, 2.05) is 11.6 Å². The molecule has 5 nitrogen and oxygen atoms in total. The fraction of sp³-hybridized carbons (Fsp3) is 0.500. The summed E-state index contributed by atoms with van der Waals surface area (Å²) in [7, 11) is 0. The van der Waals surface area contributed by atoms with Crippen molar-refractivity contribution >= 4 is 0 Å². The van der Waals surface area contributed by atoms with Crippen molar-refractivity contribution in [3.05, 3.63) is 42.0 Å². The minimum Gasteiger partial charge on any atom is -0.309 e. The summed E-state index contributed by atoms with van der Waals surface area (Å²) in [6, 6.07) is 3.40. The fourth-order valence-corrected chi connectivity index (χ4v) is 2.16. The largest absolute Gasteiger partial charge is 0.309 e. The van der Waals surface area contributed by atoms with E-state index in [-0.39, 0.29) is 17.9 Å². The van der Waals surface area contributed by atoms with Gasteiger partial charge in [0.2, 0.25) is 0 Å². The maximum Gasteiger partial charge on any atom is 0.141 e. The lowest BCUT2D eigenvalue weighted by atomic mass is 10.1. The zero-order chi connectivity index (χ0) is 14.5. The smallest absolute Gasteiger partial charge is 0.141 e. The molecule has 0 saturated carbocycles. The van der Waals surface area contributed by atoms with Crippen LogP contribution in [-0.4, -0.2) is 26.3 Å². The molecule has 6 heteroatoms. The molecule has 0 aliphatic rings. The van der Waals surface area contributed by atoms with Crippen LogP contribution in [-0.2, 0) is 6.42 Å². The Balaban J connectivity index is 2.21. The summed E-state index contributed by atoms with van der Waals surface area (Å²) in [4.78, 5) is 8.47. The van der Waals surface area contributed by atoms with E-state index in [0.717, 1.165) is 18.1 Å². The van der Waals surface area contributed by atoms with E-state index >= 15 is 0 Å². The van der Waals surface area contributed by atoms with Crippen LogP contribution in [0, 0.1) is 5.82 Å². The second-order valence-corrected chi connectivity index (χ2v) is 4.93. The van der Waals surface area contributed by atoms with Gasteiger partial charge < -0.3 is 5.32 Å². The van der Waals surface area contributed by atoms with E-state index < -0.39 is 0 Å². The van der Waals surface area contributed by atoms with E-state index in [2.05, 4.69) is 34.2 Å². The number of halogens is 1. The predicted octanol–water partition coefficient (Wildman–Crippen LogP) is 2.29. The lowest BCUT2D eigenvalue weighted by Crippen LogP contribution is -2.25. The lowest BCUT2D eigenvalue weighted by Gasteiger charge is -2.18. The van der Waals surface area contributed by atoms with Crippen LogP contribution >= 0.6 is 0 Å². The number of hydrogen-bond acceptors (Lipinski definition) is 4. The molecule has 0 amide bonds. The molecule has 2 heterocycles. The first-order valence-electron chi connectivity index (χ1n) is 6.85. The molecule has 1 unspecified atom stereocenters. The average Bonchev–Trinajstić information content (AvgIpc) is 2.87. The topological polar surface area (TPSA) is 55.6 Å². The molecule has 20 heavy (non-hydrogen) atoms. The van der Waals surface area contributed by atoms with Crippen molar-refractivity contribution < 1.29 is 4.39 Å². The SMILES string of the molecule is CCNC(Cc1ncnn1C(C)C)c1ccc(F)cn1. The van der Waals surface area contributed by atoms with Crippen molar-refractivity contribution in [2.45, 2.75) is 39.3 Å². The van der Waals surface area contributed by atoms with Gasteiger partial charge in [-0.3, -0.25) is 4.98 Å². The average molecular weight is 277 g/mol. The van der Waals surface area contributed by atoms with Gasteiger partial charge in [0.05, 0.1) is 17.9 Å². The van der Waals surface area contributed by atoms with E-state index in [1.165, 1.54) is 12.3 Å². The van der Waals surface area contributed by atoms with Crippen molar-refractivity contribution in [1.82, 2.24) is 25.1 Å². The van der Waals surface area contributed by atoms with Crippen LogP contribution in [0.2, 0.25) is 0 Å². The van der Waals surface area contributed by atoms with Gasteiger partial charge in [-0.1, -0.05) is 6.92 Å². The number of likely N-dealkylation sites (N-methyl/N-ethyl adjacent to an activating group) is 1. The summed E-state index contributed by atoms with van der Waals surface area (Å²) >= 11 is 0. The lowest BCUT2D eigenvalue weighted by molar-refractivity contribution is 0.463. The Morgan fingerprint density at radius 3 is 2.70 bits per heavy atom. The van der Waals surface area contributed by atoms with Crippen molar-refractivity contribution in [3.63, 3.8) is 0 Å². The number of nitrogens with zero attached hydrogens (tertiary/aromatic N) is 4. The minimum atomic E-state index is -0.325. The Hall–Kier alpha value is -1.82. The number of rotatable bonds is 6. The highest BCUT2D eigenvalue weighted by atomic mass is 19.1. The van der Waals surface area contributed by atoms with Crippen molar-refractivity contribution in [3.8, 4) is 0 Å². The van der Waals surface area contributed by atoms with Crippen LogP contribution in [0.1, 0.15) is 44.4 Å². The molecule has 2 rings (SSSR count). The maximum atomic E-state index is 13.0. The zero-order valence-electron chi connectivity index (χ0n) is 12.0. The van der Waals surface area contributed by atoms with E-state index in [1.54, 1.807) is 12.4 Å². The minimum absolute atomic E-state index is 0.00213. The van der Waals surface area contributed by atoms with E-state index in [0.29, 0.717) is 6.42 Å². The number of hydrogen-bond donors (Lipinski definition) is 1. The molecular formula is C14H20FN5. The first-order chi connectivity index (χ1) is 9.61. The van der Waals surface area contributed by atoms with Crippen LogP contribution in [0.15, 0.2) is 24.7 Å². The van der Waals surface area contributed by atoms with Gasteiger partial charge in [0.15, 0.2) is 0 Å². The van der Waals surface area contributed by atoms with Crippen molar-refractivity contribution in [2.24, 2.45) is 0 Å². The molecule has 2 aromatic heterocycles. The Labute approximate surface area is 118 Å². The molecule has 0 fully saturated rings. The van der Waals surface area contributed by atoms with Gasteiger partial charge >= 0.3 is 0 Å². The molecule has 0 aliphatic heterocycles. The first kappa shape index (κ1) is 14.6. The molecule has 0 aliphatic carbocycles. The summed E-state index contributed by atoms with van der Waals surface area (Å²) in [5, 5.41) is 7.59. The summed E-state index contributed by atoms with van der Waals surface area (Å²) in [5.74, 6) is 0.575. The summed E-state index contributed by atoms with van der Waals surface area (Å²) in [6.07, 6.45) is 3.48. The van der Waals surface area contributed by atoms with E-state index in [4.69, 9.17) is 0 Å². The first-order valence-corrected chi connectivity index (χ1v) is 6.85. The molecule has 0 saturated heterocycles. The van der Waals surface area contributed by atoms with Crippen molar-refractivity contribution in [1.29, 1.82) is 0 Å². The molecule has 1 N–H and O–H groups in total. The number of nitrogens with one attached hydrogen (secondary N) is 1. The standard InChI is InChI=1S/C14H20FN5/c1-4-16-13(12-6-5-11(15)8-17-12)7-14-18-9-19-20(14)10(2)3/h5-6,8-10,13,16H,4,7H2,1-3H3. The molecule has 0 aromatic carbocycles. The molecular weight excluding hydrogens is 257 g/mol. The Morgan fingerprint density at radius 1 is 1.30 bits per heavy atom. The van der Waals surface area contributed by atoms with Crippen molar-refractivity contribution in [2.75, 3.05) is 6.54 Å². The predicted molar refractivity (Wildman–Crippen MR) is 74.7 cm³/mol. The monoisotopic (exact) mass is 277 g/mol. The number of pyridine rings is 1. The summed E-state index contributed by atoms with van der Waals surface area (Å²) < 4.78 is 14.9. The van der Waals surface area contributed by atoms with Gasteiger partial charge in [-0.25, -0.2) is 14.1 Å². The molecule has 0 spiro atoms. The molecule has 0 bridgehead atoms. The quantitative estimate of drug-likeness (QED) is 0.880. The highest BCUT2D eigenvalue weighted by Gasteiger charge is 2.17. The molecule has 2 aromatic rings. The Bertz CT molecular complexity index is 535. The highest BCUT2D eigenvalue weighted by molar-refractivity contribution is 5.12. The van der Waals surface area contributed by atoms with Crippen LogP contribution in [0.5, 0.6) is 0 Å². The normalized spacial score (nSPS) is 12.8. The number of aromatic nitrogens is 4. The third kappa shape index (κ3) is 3.39. The van der Waals surface area contributed by atoms with Gasteiger partial charge in [-0.2, -0.15) is 5.10 Å². The van der Waals surface area contributed by atoms with Crippen LogP contribution in [0.4, 0.5) is 4.39 Å². The van der Waals surface area contributed by atoms with Gasteiger partial charge in [0.25, 0.3) is 0 Å². The third-order valence-corrected chi connectivity index (χ3v) is 3.08. The van der Waals surface area contributed by atoms with Crippen LogP contribution in [0.25, 0.3) is 0 Å². The Morgan fingerprint density at radius 2 is 2.10 bits per heavy atom. The maximum absolute atomic E-state index is 13.0. The van der Waals surface area contributed by atoms with Gasteiger partial charge in [0, 0.05) is 12.5 Å². The van der Waals surface area contributed by atoms with Gasteiger partial charge in [-0.05, 0) is 32.5 Å². The molecule has 0 radical (unpaired) electrons. The zero-order valence-corrected chi connectivity index (χ0v) is 12.0. The summed E-state index contributed by atoms with van der Waals surface area (Å²) in [5.41, 5.74) is 0.812. The fourth-order valence-electron chi connectivity index (χ4n) is 2.16. The van der Waals surface area contributed by atoms with Crippen LogP contribution in [0.3, 0.4) is 0 Å².